The lowest BCUT2D eigenvalue weighted by Gasteiger charge is -2.23. The summed E-state index contributed by atoms with van der Waals surface area (Å²) in [6.07, 6.45) is 0.874. The number of benzene rings is 1. The maximum atomic E-state index is 12.5. The molecule has 9 nitrogen and oxygen atoms in total. The molecule has 0 aromatic heterocycles. The van der Waals surface area contributed by atoms with E-state index in [1.54, 1.807) is 39.8 Å². The highest BCUT2D eigenvalue weighted by Gasteiger charge is 2.49. The highest BCUT2D eigenvalue weighted by Crippen LogP contribution is 2.24. The van der Waals surface area contributed by atoms with Gasteiger partial charge in [0.05, 0.1) is 4.90 Å². The van der Waals surface area contributed by atoms with Crippen LogP contribution in [0.3, 0.4) is 0 Å². The molecule has 29 heavy (non-hydrogen) atoms. The van der Waals surface area contributed by atoms with E-state index in [1.807, 2.05) is 6.07 Å². The van der Waals surface area contributed by atoms with Gasteiger partial charge in [-0.15, -0.1) is 0 Å². The molecule has 0 atom stereocenters. The fourth-order valence-electron chi connectivity index (χ4n) is 3.21. The van der Waals surface area contributed by atoms with Crippen LogP contribution in [0.2, 0.25) is 0 Å². The lowest BCUT2D eigenvalue weighted by atomic mass is 9.93. The average molecular weight is 425 g/mol. The molecule has 1 aliphatic rings. The molecule has 0 aliphatic carbocycles. The van der Waals surface area contributed by atoms with Crippen molar-refractivity contribution in [3.63, 3.8) is 0 Å². The van der Waals surface area contributed by atoms with Gasteiger partial charge in [0.2, 0.25) is 15.9 Å². The van der Waals surface area contributed by atoms with E-state index in [2.05, 4.69) is 15.4 Å². The number of aryl methyl sites for hydroxylation is 2. The molecule has 160 valence electrons. The predicted molar refractivity (Wildman–Crippen MR) is 108 cm³/mol. The minimum absolute atomic E-state index is 0.0184. The first-order valence-electron chi connectivity index (χ1n) is 9.54. The largest absolute Gasteiger partial charge is 0.353 e. The van der Waals surface area contributed by atoms with Crippen molar-refractivity contribution in [2.75, 3.05) is 19.6 Å². The summed E-state index contributed by atoms with van der Waals surface area (Å²) in [5, 5.41) is 5.18. The summed E-state index contributed by atoms with van der Waals surface area (Å²) >= 11 is 0. The van der Waals surface area contributed by atoms with Crippen LogP contribution in [0.1, 0.15) is 37.8 Å². The lowest BCUT2D eigenvalue weighted by Crippen LogP contribution is -2.47. The third-order valence-corrected chi connectivity index (χ3v) is 6.73. The summed E-state index contributed by atoms with van der Waals surface area (Å²) in [5.41, 5.74) is 0.493. The number of hydrogen-bond donors (Lipinski definition) is 3. The molecule has 1 fully saturated rings. The van der Waals surface area contributed by atoms with Gasteiger partial charge in [0, 0.05) is 13.1 Å². The highest BCUT2D eigenvalue weighted by atomic mass is 32.2. The molecule has 1 heterocycles. The summed E-state index contributed by atoms with van der Waals surface area (Å²) in [5.74, 6) is -0.958. The number of nitrogens with one attached hydrogen (secondary N) is 3. The van der Waals surface area contributed by atoms with Gasteiger partial charge in [0.1, 0.15) is 12.1 Å². The minimum Gasteiger partial charge on any atom is -0.353 e. The van der Waals surface area contributed by atoms with E-state index in [9.17, 15) is 22.8 Å². The van der Waals surface area contributed by atoms with Gasteiger partial charge in [0.25, 0.3) is 5.91 Å². The molecule has 10 heteroatoms. The number of nitrogens with zero attached hydrogens (tertiary/aromatic N) is 1. The van der Waals surface area contributed by atoms with E-state index >= 15 is 0 Å². The van der Waals surface area contributed by atoms with Gasteiger partial charge in [-0.1, -0.05) is 26.0 Å². The smallest absolute Gasteiger partial charge is 0.325 e. The lowest BCUT2D eigenvalue weighted by molar-refractivity contribution is -0.135. The maximum absolute atomic E-state index is 12.5. The third kappa shape index (κ3) is 4.94. The first-order valence-corrected chi connectivity index (χ1v) is 11.0. The Morgan fingerprint density at radius 2 is 1.79 bits per heavy atom. The number of amides is 4. The van der Waals surface area contributed by atoms with Gasteiger partial charge in [-0.05, 0) is 43.9 Å². The predicted octanol–water partition coefficient (Wildman–Crippen LogP) is 0.809. The Bertz CT molecular complexity index is 909. The molecule has 0 radical (unpaired) electrons. The van der Waals surface area contributed by atoms with Gasteiger partial charge < -0.3 is 10.6 Å². The highest BCUT2D eigenvalue weighted by molar-refractivity contribution is 7.89. The molecule has 4 amide bonds. The number of hydrogen-bond acceptors (Lipinski definition) is 5. The van der Waals surface area contributed by atoms with Gasteiger partial charge in [-0.3, -0.25) is 14.5 Å². The number of carbonyl (C=O) groups excluding carboxylic acids is 3. The van der Waals surface area contributed by atoms with E-state index in [4.69, 9.17) is 0 Å². The molecular formula is C19H28N4O5S. The second-order valence-electron chi connectivity index (χ2n) is 7.13. The van der Waals surface area contributed by atoms with E-state index in [0.29, 0.717) is 18.4 Å². The number of urea groups is 1. The Hall–Kier alpha value is -2.46. The van der Waals surface area contributed by atoms with E-state index < -0.39 is 40.0 Å². The molecule has 0 bridgehead atoms. The Kier molecular flexibility index (Phi) is 7.02. The first kappa shape index (κ1) is 22.8. The van der Waals surface area contributed by atoms with Crippen molar-refractivity contribution in [1.82, 2.24) is 20.3 Å². The van der Waals surface area contributed by atoms with Crippen LogP contribution in [0.5, 0.6) is 0 Å². The van der Waals surface area contributed by atoms with Gasteiger partial charge >= 0.3 is 6.03 Å². The summed E-state index contributed by atoms with van der Waals surface area (Å²) in [6.45, 7) is 6.71. The zero-order chi connectivity index (χ0) is 21.8. The average Bonchev–Trinajstić information content (AvgIpc) is 2.91. The molecule has 1 aliphatic heterocycles. The van der Waals surface area contributed by atoms with Gasteiger partial charge in [-0.25, -0.2) is 17.9 Å². The Labute approximate surface area is 171 Å². The van der Waals surface area contributed by atoms with Crippen LogP contribution in [0.4, 0.5) is 4.79 Å². The van der Waals surface area contributed by atoms with E-state index in [0.717, 1.165) is 10.5 Å². The molecule has 2 rings (SSSR count). The fourth-order valence-corrected chi connectivity index (χ4v) is 4.57. The Balaban J connectivity index is 1.87. The Morgan fingerprint density at radius 1 is 1.14 bits per heavy atom. The summed E-state index contributed by atoms with van der Waals surface area (Å²) in [7, 11) is -3.70. The van der Waals surface area contributed by atoms with Crippen LogP contribution in [0.25, 0.3) is 0 Å². The second-order valence-corrected chi connectivity index (χ2v) is 8.86. The maximum Gasteiger partial charge on any atom is 0.325 e. The van der Waals surface area contributed by atoms with Gasteiger partial charge in [0.15, 0.2) is 0 Å². The molecule has 1 aromatic rings. The van der Waals surface area contributed by atoms with Crippen LogP contribution < -0.4 is 15.4 Å². The summed E-state index contributed by atoms with van der Waals surface area (Å²) in [6, 6.07) is 4.55. The number of rotatable bonds is 9. The first-order chi connectivity index (χ1) is 13.6. The van der Waals surface area contributed by atoms with Crippen molar-refractivity contribution in [1.29, 1.82) is 0 Å². The topological polar surface area (TPSA) is 125 Å². The van der Waals surface area contributed by atoms with E-state index in [1.165, 1.54) is 0 Å². The van der Waals surface area contributed by atoms with Crippen LogP contribution in [-0.2, 0) is 19.6 Å². The molecule has 0 unspecified atom stereocenters. The molecule has 0 spiro atoms. The standard InChI is InChI=1S/C19H28N4O5S/c1-5-19(6-2)17(25)23(18(26)22-19)12-16(24)20-9-10-21-29(27,28)15-11-13(3)7-8-14(15)4/h7-8,11,21H,5-6,9-10,12H2,1-4H3,(H,20,24)(H,22,26). The van der Waals surface area contributed by atoms with Crippen molar-refractivity contribution in [3.05, 3.63) is 29.3 Å². The molecular weight excluding hydrogens is 396 g/mol. The molecule has 1 saturated heterocycles. The SMILES string of the molecule is CCC1(CC)NC(=O)N(CC(=O)NCCNS(=O)(=O)c2cc(C)ccc2C)C1=O. The molecule has 1 aromatic carbocycles. The van der Waals surface area contributed by atoms with Crippen molar-refractivity contribution >= 4 is 27.9 Å². The second kappa shape index (κ2) is 8.91. The van der Waals surface area contributed by atoms with Crippen LogP contribution in [-0.4, -0.2) is 56.3 Å². The van der Waals surface area contributed by atoms with E-state index in [-0.39, 0.29) is 18.0 Å². The molecule has 0 saturated carbocycles. The zero-order valence-corrected chi connectivity index (χ0v) is 18.0. The van der Waals surface area contributed by atoms with Crippen molar-refractivity contribution in [2.45, 2.75) is 51.0 Å². The number of imide groups is 1. The van der Waals surface area contributed by atoms with Gasteiger partial charge in [-0.2, -0.15) is 0 Å². The van der Waals surface area contributed by atoms with Crippen LogP contribution in [0, 0.1) is 13.8 Å². The van der Waals surface area contributed by atoms with Crippen LogP contribution >= 0.6 is 0 Å². The minimum atomic E-state index is -3.70. The van der Waals surface area contributed by atoms with Crippen molar-refractivity contribution in [3.8, 4) is 0 Å². The van der Waals surface area contributed by atoms with Crippen molar-refractivity contribution in [2.24, 2.45) is 0 Å². The number of carbonyl (C=O) groups is 3. The molecule has 3 N–H and O–H groups in total. The third-order valence-electron chi connectivity index (χ3n) is 5.13. The zero-order valence-electron chi connectivity index (χ0n) is 17.2. The number of sulfonamides is 1. The summed E-state index contributed by atoms with van der Waals surface area (Å²) < 4.78 is 27.3. The van der Waals surface area contributed by atoms with Crippen molar-refractivity contribution < 1.29 is 22.8 Å². The fraction of sp³-hybridized carbons (Fsp3) is 0.526. The monoisotopic (exact) mass is 424 g/mol. The quantitative estimate of drug-likeness (QED) is 0.400. The Morgan fingerprint density at radius 3 is 2.38 bits per heavy atom. The summed E-state index contributed by atoms with van der Waals surface area (Å²) in [4.78, 5) is 37.7. The van der Waals surface area contributed by atoms with Crippen LogP contribution in [0.15, 0.2) is 23.1 Å². The normalized spacial score (nSPS) is 16.1.